The fraction of sp³-hybridized carbons (Fsp3) is 0.0526. The summed E-state index contributed by atoms with van der Waals surface area (Å²) in [5.41, 5.74) is 1.51. The van der Waals surface area contributed by atoms with E-state index in [1.54, 1.807) is 18.2 Å². The number of rotatable bonds is 6. The first-order valence-corrected chi connectivity index (χ1v) is 9.75. The second-order valence-corrected chi connectivity index (χ2v) is 7.30. The van der Waals surface area contributed by atoms with Crippen LogP contribution < -0.4 is 5.14 Å². The van der Waals surface area contributed by atoms with Gasteiger partial charge in [0, 0.05) is 5.56 Å². The number of primary sulfonamides is 1. The summed E-state index contributed by atoms with van der Waals surface area (Å²) in [6, 6.07) is 21.5. The van der Waals surface area contributed by atoms with Gasteiger partial charge in [-0.3, -0.25) is 0 Å². The third kappa shape index (κ3) is 5.06. The van der Waals surface area contributed by atoms with Gasteiger partial charge in [0.1, 0.15) is 11.4 Å². The molecule has 142 valence electrons. The summed E-state index contributed by atoms with van der Waals surface area (Å²) >= 11 is 0. The van der Waals surface area contributed by atoms with E-state index >= 15 is 0 Å². The Morgan fingerprint density at radius 2 is 1.39 bits per heavy atom. The zero-order valence-electron chi connectivity index (χ0n) is 14.6. The van der Waals surface area contributed by atoms with Crippen molar-refractivity contribution in [3.8, 4) is 5.75 Å². The number of para-hydroxylation sites is 1. The Balaban J connectivity index is 1.87. The lowest BCUT2D eigenvalue weighted by Gasteiger charge is -2.06. The third-order valence-electron chi connectivity index (χ3n) is 3.70. The van der Waals surface area contributed by atoms with Crippen LogP contribution >= 0.6 is 0 Å². The number of hydrogen-bond acceptors (Lipinski definition) is 7. The van der Waals surface area contributed by atoms with Gasteiger partial charge in [-0.25, -0.2) is 13.6 Å². The summed E-state index contributed by atoms with van der Waals surface area (Å²) in [5.74, 6) is 0.00795. The highest BCUT2D eigenvalue weighted by Gasteiger charge is 2.10. The summed E-state index contributed by atoms with van der Waals surface area (Å²) in [7, 11) is -3.77. The molecule has 9 heteroatoms. The molecule has 3 rings (SSSR count). The monoisotopic (exact) mass is 395 g/mol. The first-order chi connectivity index (χ1) is 13.4. The van der Waals surface area contributed by atoms with E-state index in [-0.39, 0.29) is 10.6 Å². The summed E-state index contributed by atoms with van der Waals surface area (Å²) < 4.78 is 22.6. The molecule has 0 bridgehead atoms. The zero-order chi connectivity index (χ0) is 20.0. The fourth-order valence-electron chi connectivity index (χ4n) is 2.27. The predicted octanol–water partition coefficient (Wildman–Crippen LogP) is 4.61. The molecule has 3 aromatic carbocycles. The van der Waals surface area contributed by atoms with Gasteiger partial charge in [0.05, 0.1) is 10.6 Å². The van der Waals surface area contributed by atoms with E-state index in [1.165, 1.54) is 30.3 Å². The molecule has 0 spiro atoms. The van der Waals surface area contributed by atoms with E-state index in [1.807, 2.05) is 30.3 Å². The number of aromatic hydroxyl groups is 1. The van der Waals surface area contributed by atoms with Gasteiger partial charge in [0.15, 0.2) is 0 Å². The average molecular weight is 395 g/mol. The molecule has 0 aliphatic carbocycles. The minimum atomic E-state index is -3.77. The van der Waals surface area contributed by atoms with Crippen molar-refractivity contribution in [2.45, 2.75) is 11.1 Å². The highest BCUT2D eigenvalue weighted by atomic mass is 32.2. The molecule has 1 unspecified atom stereocenters. The maximum Gasteiger partial charge on any atom is 0.238 e. The molecule has 0 fully saturated rings. The van der Waals surface area contributed by atoms with Gasteiger partial charge in [-0.05, 0) is 36.4 Å². The van der Waals surface area contributed by atoms with Crippen molar-refractivity contribution in [1.82, 2.24) is 0 Å². The molecule has 28 heavy (non-hydrogen) atoms. The van der Waals surface area contributed by atoms with Crippen molar-refractivity contribution in [2.75, 3.05) is 0 Å². The predicted molar refractivity (Wildman–Crippen MR) is 104 cm³/mol. The van der Waals surface area contributed by atoms with Gasteiger partial charge in [0.25, 0.3) is 0 Å². The molecule has 0 aliphatic rings. The maximum absolute atomic E-state index is 11.3. The Labute approximate surface area is 162 Å². The molecule has 0 amide bonds. The van der Waals surface area contributed by atoms with Gasteiger partial charge in [-0.2, -0.15) is 15.3 Å². The van der Waals surface area contributed by atoms with Crippen LogP contribution in [-0.4, -0.2) is 13.5 Å². The Morgan fingerprint density at radius 3 is 2.04 bits per heavy atom. The Hall–Kier alpha value is -3.43. The Bertz CT molecular complexity index is 1100. The molecule has 0 aromatic heterocycles. The minimum absolute atomic E-state index is 0.00795. The maximum atomic E-state index is 11.3. The second kappa shape index (κ2) is 8.51. The molecule has 0 aliphatic heterocycles. The van der Waals surface area contributed by atoms with Crippen molar-refractivity contribution < 1.29 is 13.5 Å². The van der Waals surface area contributed by atoms with Crippen LogP contribution in [0.2, 0.25) is 0 Å². The van der Waals surface area contributed by atoms with E-state index in [2.05, 4.69) is 20.5 Å². The van der Waals surface area contributed by atoms with Crippen LogP contribution in [0.5, 0.6) is 5.75 Å². The van der Waals surface area contributed by atoms with Gasteiger partial charge in [-0.1, -0.05) is 42.5 Å². The number of sulfonamides is 1. The fourth-order valence-corrected chi connectivity index (χ4v) is 2.79. The molecule has 3 N–H and O–H groups in total. The van der Waals surface area contributed by atoms with Gasteiger partial charge in [-0.15, -0.1) is 5.11 Å². The van der Waals surface area contributed by atoms with Crippen LogP contribution in [0.3, 0.4) is 0 Å². The second-order valence-electron chi connectivity index (χ2n) is 5.74. The largest absolute Gasteiger partial charge is 0.506 e. The number of nitrogens with two attached hydrogens (primary N) is 1. The van der Waals surface area contributed by atoms with Crippen molar-refractivity contribution in [1.29, 1.82) is 0 Å². The molecule has 3 aromatic rings. The minimum Gasteiger partial charge on any atom is -0.506 e. The topological polar surface area (TPSA) is 130 Å². The number of phenolic OH excluding ortho intramolecular Hbond substituents is 1. The highest BCUT2D eigenvalue weighted by Crippen LogP contribution is 2.29. The standard InChI is InChI=1S/C19H17N5O3S/c20-28(26,27)16-12-10-15(11-13-16)21-23-19(14-6-2-1-3-7-14)24-22-17-8-4-5-9-18(17)25/h1-13,19,25H,(H2,20,26,27). The van der Waals surface area contributed by atoms with E-state index < -0.39 is 16.2 Å². The smallest absolute Gasteiger partial charge is 0.238 e. The van der Waals surface area contributed by atoms with E-state index in [0.29, 0.717) is 11.4 Å². The molecule has 8 nitrogen and oxygen atoms in total. The third-order valence-corrected chi connectivity index (χ3v) is 4.63. The van der Waals surface area contributed by atoms with E-state index in [9.17, 15) is 13.5 Å². The summed E-state index contributed by atoms with van der Waals surface area (Å²) in [5, 5.41) is 31.5. The van der Waals surface area contributed by atoms with Crippen LogP contribution in [0.4, 0.5) is 11.4 Å². The van der Waals surface area contributed by atoms with Crippen molar-refractivity contribution in [3.05, 3.63) is 84.4 Å². The lowest BCUT2D eigenvalue weighted by molar-refractivity contribution is 0.475. The normalized spacial score (nSPS) is 13.2. The van der Waals surface area contributed by atoms with Crippen LogP contribution in [0.25, 0.3) is 0 Å². The van der Waals surface area contributed by atoms with E-state index in [4.69, 9.17) is 5.14 Å². The number of azo groups is 2. The lowest BCUT2D eigenvalue weighted by Crippen LogP contribution is -2.11. The average Bonchev–Trinajstić information content (AvgIpc) is 2.69. The van der Waals surface area contributed by atoms with Crippen LogP contribution in [0.15, 0.2) is 104 Å². The van der Waals surface area contributed by atoms with Crippen molar-refractivity contribution >= 4 is 21.4 Å². The number of nitrogens with zero attached hydrogens (tertiary/aromatic N) is 4. The number of phenols is 1. The molecule has 0 saturated heterocycles. The number of benzene rings is 3. The zero-order valence-corrected chi connectivity index (χ0v) is 15.4. The summed E-state index contributed by atoms with van der Waals surface area (Å²) in [6.45, 7) is 0. The SMILES string of the molecule is NS(=O)(=O)c1ccc(N=NC(N=Nc2ccccc2O)c2ccccc2)cc1. The first-order valence-electron chi connectivity index (χ1n) is 8.21. The van der Waals surface area contributed by atoms with Gasteiger partial charge in [0.2, 0.25) is 16.2 Å². The Morgan fingerprint density at radius 1 is 0.786 bits per heavy atom. The summed E-state index contributed by atoms with van der Waals surface area (Å²) in [6.07, 6.45) is -0.737. The highest BCUT2D eigenvalue weighted by molar-refractivity contribution is 7.89. The first kappa shape index (κ1) is 19.3. The lowest BCUT2D eigenvalue weighted by atomic mass is 10.2. The van der Waals surface area contributed by atoms with Crippen molar-refractivity contribution in [3.63, 3.8) is 0 Å². The van der Waals surface area contributed by atoms with Gasteiger partial charge >= 0.3 is 0 Å². The molecular weight excluding hydrogens is 378 g/mol. The quantitative estimate of drug-likeness (QED) is 0.591. The Kier molecular flexibility index (Phi) is 5.87. The molecule has 1 atom stereocenters. The summed E-state index contributed by atoms with van der Waals surface area (Å²) in [4.78, 5) is -0.00898. The number of hydrogen-bond donors (Lipinski definition) is 2. The van der Waals surface area contributed by atoms with Crippen LogP contribution in [0, 0.1) is 0 Å². The van der Waals surface area contributed by atoms with Crippen molar-refractivity contribution in [2.24, 2.45) is 25.6 Å². The van der Waals surface area contributed by atoms with Gasteiger partial charge < -0.3 is 5.11 Å². The van der Waals surface area contributed by atoms with Crippen LogP contribution in [0.1, 0.15) is 11.7 Å². The molecular formula is C19H17N5O3S. The van der Waals surface area contributed by atoms with Crippen LogP contribution in [-0.2, 0) is 10.0 Å². The molecule has 0 heterocycles. The molecule has 0 saturated carbocycles. The molecule has 0 radical (unpaired) electrons. The van der Waals surface area contributed by atoms with E-state index in [0.717, 1.165) is 5.56 Å².